The molecule has 130 valence electrons. The molecule has 2 aromatic heterocycles. The number of benzene rings is 1. The van der Waals surface area contributed by atoms with Crippen molar-refractivity contribution in [1.82, 2.24) is 20.2 Å². The topological polar surface area (TPSA) is 72.9 Å². The monoisotopic (exact) mass is 488 g/mol. The van der Waals surface area contributed by atoms with Gasteiger partial charge in [0, 0.05) is 10.9 Å². The summed E-state index contributed by atoms with van der Waals surface area (Å²) >= 11 is 9.91. The fraction of sp³-hybridized carbons (Fsp3) is 0.312. The Morgan fingerprint density at radius 3 is 3.04 bits per heavy atom. The van der Waals surface area contributed by atoms with E-state index in [0.29, 0.717) is 21.9 Å². The lowest BCUT2D eigenvalue weighted by Gasteiger charge is -2.27. The van der Waals surface area contributed by atoms with Gasteiger partial charge < -0.3 is 7.80 Å². The maximum Gasteiger partial charge on any atom is 0.235 e. The SMILES string of the molecule is CSc1nc(OI)c2c(n1)OC(c1c(Cl)c(C)cc3[nH]ncc13)CC2. The Bertz CT molecular complexity index is 965. The zero-order valence-corrected chi connectivity index (χ0v) is 17.2. The maximum absolute atomic E-state index is 6.62. The smallest absolute Gasteiger partial charge is 0.235 e. The van der Waals surface area contributed by atoms with Crippen LogP contribution in [0.3, 0.4) is 0 Å². The molecule has 3 heterocycles. The minimum atomic E-state index is -0.188. The number of hydrogen-bond acceptors (Lipinski definition) is 6. The molecule has 1 aliphatic rings. The van der Waals surface area contributed by atoms with Gasteiger partial charge in [-0.1, -0.05) is 23.4 Å². The maximum atomic E-state index is 6.62. The summed E-state index contributed by atoms with van der Waals surface area (Å²) in [5.41, 5.74) is 3.80. The van der Waals surface area contributed by atoms with Crippen molar-refractivity contribution in [2.24, 2.45) is 0 Å². The third-order valence-electron chi connectivity index (χ3n) is 4.30. The third-order valence-corrected chi connectivity index (χ3v) is 5.77. The molecule has 1 aromatic carbocycles. The first-order valence-electron chi connectivity index (χ1n) is 7.64. The van der Waals surface area contributed by atoms with Crippen molar-refractivity contribution in [3.05, 3.63) is 34.0 Å². The van der Waals surface area contributed by atoms with Gasteiger partial charge in [0.1, 0.15) is 6.10 Å². The summed E-state index contributed by atoms with van der Waals surface area (Å²) in [5.74, 6) is 1.13. The highest BCUT2D eigenvalue weighted by Gasteiger charge is 2.30. The second kappa shape index (κ2) is 6.81. The number of fused-ring (bicyclic) bond motifs is 2. The van der Waals surface area contributed by atoms with Crippen molar-refractivity contribution in [1.29, 1.82) is 0 Å². The molecule has 9 heteroatoms. The van der Waals surface area contributed by atoms with Crippen LogP contribution in [0.5, 0.6) is 11.8 Å². The van der Waals surface area contributed by atoms with Crippen molar-refractivity contribution in [2.45, 2.75) is 31.0 Å². The minimum Gasteiger partial charge on any atom is -0.469 e. The minimum absolute atomic E-state index is 0.188. The van der Waals surface area contributed by atoms with E-state index in [1.54, 1.807) is 6.20 Å². The number of H-pyrrole nitrogens is 1. The van der Waals surface area contributed by atoms with Gasteiger partial charge in [-0.25, -0.2) is 0 Å². The quantitative estimate of drug-likeness (QED) is 0.323. The Labute approximate surface area is 167 Å². The number of hydrogen-bond donors (Lipinski definition) is 1. The predicted octanol–water partition coefficient (Wildman–Crippen LogP) is 4.83. The van der Waals surface area contributed by atoms with E-state index in [1.165, 1.54) is 11.8 Å². The Morgan fingerprint density at radius 2 is 2.28 bits per heavy atom. The lowest BCUT2D eigenvalue weighted by Crippen LogP contribution is -2.18. The van der Waals surface area contributed by atoms with Gasteiger partial charge in [-0.3, -0.25) is 5.10 Å². The number of nitrogens with one attached hydrogen (secondary N) is 1. The van der Waals surface area contributed by atoms with Crippen LogP contribution in [0, 0.1) is 6.92 Å². The first-order chi connectivity index (χ1) is 12.1. The molecule has 0 bridgehead atoms. The molecule has 25 heavy (non-hydrogen) atoms. The number of aryl methyl sites for hydroxylation is 1. The number of rotatable bonds is 3. The lowest BCUT2D eigenvalue weighted by atomic mass is 9.95. The summed E-state index contributed by atoms with van der Waals surface area (Å²) < 4.78 is 11.6. The van der Waals surface area contributed by atoms with E-state index in [0.717, 1.165) is 40.4 Å². The van der Waals surface area contributed by atoms with Gasteiger partial charge in [-0.2, -0.15) is 15.1 Å². The summed E-state index contributed by atoms with van der Waals surface area (Å²) in [6.45, 7) is 1.99. The van der Waals surface area contributed by atoms with Crippen LogP contribution in [0.2, 0.25) is 5.02 Å². The Kier molecular flexibility index (Phi) is 4.67. The van der Waals surface area contributed by atoms with Crippen LogP contribution < -0.4 is 7.80 Å². The van der Waals surface area contributed by atoms with Gasteiger partial charge in [0.05, 0.1) is 22.3 Å². The Morgan fingerprint density at radius 1 is 1.44 bits per heavy atom. The van der Waals surface area contributed by atoms with E-state index in [4.69, 9.17) is 19.4 Å². The number of nitrogens with zero attached hydrogens (tertiary/aromatic N) is 3. The number of aromatic amines is 1. The number of aromatic nitrogens is 4. The number of thioether (sulfide) groups is 1. The average molecular weight is 489 g/mol. The van der Waals surface area contributed by atoms with Crippen molar-refractivity contribution in [3.8, 4) is 11.8 Å². The summed E-state index contributed by atoms with van der Waals surface area (Å²) in [5, 5.41) is 9.47. The van der Waals surface area contributed by atoms with Crippen LogP contribution in [-0.4, -0.2) is 26.4 Å². The summed E-state index contributed by atoms with van der Waals surface area (Å²) in [4.78, 5) is 8.91. The van der Waals surface area contributed by atoms with Gasteiger partial charge in [0.2, 0.25) is 11.8 Å². The highest BCUT2D eigenvalue weighted by atomic mass is 127. The lowest BCUT2D eigenvalue weighted by molar-refractivity contribution is 0.166. The molecule has 0 spiro atoms. The van der Waals surface area contributed by atoms with Crippen LogP contribution in [-0.2, 0) is 6.42 Å². The molecule has 0 radical (unpaired) electrons. The van der Waals surface area contributed by atoms with Crippen LogP contribution in [0.4, 0.5) is 0 Å². The largest absolute Gasteiger partial charge is 0.469 e. The number of ether oxygens (including phenoxy) is 1. The molecule has 4 rings (SSSR count). The van der Waals surface area contributed by atoms with E-state index in [1.807, 2.05) is 42.3 Å². The molecular weight excluding hydrogens is 475 g/mol. The van der Waals surface area contributed by atoms with Gasteiger partial charge in [-0.15, -0.1) is 0 Å². The second-order valence-corrected chi connectivity index (χ2v) is 7.37. The van der Waals surface area contributed by atoms with Crippen LogP contribution >= 0.6 is 46.4 Å². The first-order valence-corrected chi connectivity index (χ1v) is 10.1. The molecule has 1 aliphatic heterocycles. The first kappa shape index (κ1) is 17.2. The zero-order chi connectivity index (χ0) is 17.6. The fourth-order valence-electron chi connectivity index (χ4n) is 3.11. The van der Waals surface area contributed by atoms with Gasteiger partial charge in [0.25, 0.3) is 0 Å². The predicted molar refractivity (Wildman–Crippen MR) is 106 cm³/mol. The fourth-order valence-corrected chi connectivity index (χ4v) is 4.10. The van der Waals surface area contributed by atoms with Gasteiger partial charge >= 0.3 is 0 Å². The summed E-state index contributed by atoms with van der Waals surface area (Å²) in [6, 6.07) is 2.00. The highest BCUT2D eigenvalue weighted by Crippen LogP contribution is 2.43. The van der Waals surface area contributed by atoms with Crippen LogP contribution in [0.15, 0.2) is 17.4 Å². The molecule has 0 saturated carbocycles. The van der Waals surface area contributed by atoms with Crippen molar-refractivity contribution >= 4 is 57.3 Å². The van der Waals surface area contributed by atoms with E-state index in [9.17, 15) is 0 Å². The number of halogens is 2. The molecule has 6 nitrogen and oxygen atoms in total. The van der Waals surface area contributed by atoms with E-state index in [2.05, 4.69) is 20.2 Å². The van der Waals surface area contributed by atoms with Crippen LogP contribution in [0.25, 0.3) is 10.9 Å². The molecule has 0 amide bonds. The molecule has 1 N–H and O–H groups in total. The second-order valence-electron chi connectivity index (χ2n) is 5.77. The summed E-state index contributed by atoms with van der Waals surface area (Å²) in [6.07, 6.45) is 5.06. The van der Waals surface area contributed by atoms with Crippen molar-refractivity contribution < 1.29 is 7.80 Å². The van der Waals surface area contributed by atoms with Crippen molar-refractivity contribution in [3.63, 3.8) is 0 Å². The molecule has 1 unspecified atom stereocenters. The molecule has 0 fully saturated rings. The van der Waals surface area contributed by atoms with Crippen LogP contribution in [0.1, 0.15) is 29.2 Å². The van der Waals surface area contributed by atoms with E-state index in [-0.39, 0.29) is 6.10 Å². The molecule has 0 saturated heterocycles. The highest BCUT2D eigenvalue weighted by molar-refractivity contribution is 14.1. The normalized spacial score (nSPS) is 16.6. The molecular formula is C16H14ClIN4O2S. The van der Waals surface area contributed by atoms with Crippen molar-refractivity contribution in [2.75, 3.05) is 6.26 Å². The average Bonchev–Trinajstić information content (AvgIpc) is 3.08. The van der Waals surface area contributed by atoms with Gasteiger partial charge in [0.15, 0.2) is 28.2 Å². The zero-order valence-electron chi connectivity index (χ0n) is 13.5. The standard InChI is InChI=1S/C16H14ClIN4O2S/c1-7-5-10-9(6-19-22-10)12(13(7)17)11-4-3-8-14(23-11)20-16(25-2)21-15(8)24-18/h5-6,11H,3-4H2,1-2H3,(H,19,22). The summed E-state index contributed by atoms with van der Waals surface area (Å²) in [7, 11) is 0. The van der Waals surface area contributed by atoms with Gasteiger partial charge in [-0.05, 0) is 37.7 Å². The Balaban J connectivity index is 1.81. The third kappa shape index (κ3) is 2.93. The molecule has 0 aliphatic carbocycles. The molecule has 3 aromatic rings. The van der Waals surface area contributed by atoms with E-state index >= 15 is 0 Å². The molecule has 1 atom stereocenters. The van der Waals surface area contributed by atoms with E-state index < -0.39 is 0 Å². The Hall–Kier alpha value is -1.26.